The van der Waals surface area contributed by atoms with Gasteiger partial charge < -0.3 is 25.0 Å². The summed E-state index contributed by atoms with van der Waals surface area (Å²) >= 11 is 0. The van der Waals surface area contributed by atoms with Crippen LogP contribution in [-0.4, -0.2) is 48.1 Å². The van der Waals surface area contributed by atoms with E-state index in [9.17, 15) is 14.4 Å². The van der Waals surface area contributed by atoms with Crippen molar-refractivity contribution in [2.24, 2.45) is 5.92 Å². The van der Waals surface area contributed by atoms with Crippen LogP contribution in [0.1, 0.15) is 83.5 Å². The Labute approximate surface area is 239 Å². The summed E-state index contributed by atoms with van der Waals surface area (Å²) in [6.07, 6.45) is 1.52. The Balaban J connectivity index is 2.59. The number of benzene rings is 2. The van der Waals surface area contributed by atoms with Gasteiger partial charge >= 0.3 is 6.09 Å². The summed E-state index contributed by atoms with van der Waals surface area (Å²) in [5, 5.41) is 5.82. The highest BCUT2D eigenvalue weighted by Gasteiger charge is 2.38. The second-order valence-corrected chi connectivity index (χ2v) is 11.3. The van der Waals surface area contributed by atoms with Crippen LogP contribution in [0.2, 0.25) is 0 Å². The Morgan fingerprint density at radius 1 is 1.00 bits per heavy atom. The molecule has 0 bridgehead atoms. The first-order valence-electron chi connectivity index (χ1n) is 14.1. The van der Waals surface area contributed by atoms with Gasteiger partial charge in [-0.15, -0.1) is 0 Å². The Bertz CT molecular complexity index is 1140. The number of anilines is 1. The number of unbranched alkanes of at least 4 members (excludes halogenated alkanes) is 1. The fourth-order valence-electron chi connectivity index (χ4n) is 4.40. The van der Waals surface area contributed by atoms with Crippen molar-refractivity contribution in [3.05, 3.63) is 59.2 Å². The van der Waals surface area contributed by atoms with Crippen molar-refractivity contribution in [3.8, 4) is 5.75 Å². The molecule has 0 spiro atoms. The Hall–Kier alpha value is -3.55. The van der Waals surface area contributed by atoms with Crippen molar-refractivity contribution >= 4 is 23.6 Å². The first-order chi connectivity index (χ1) is 18.8. The van der Waals surface area contributed by atoms with E-state index in [2.05, 4.69) is 10.6 Å². The van der Waals surface area contributed by atoms with Gasteiger partial charge in [-0.2, -0.15) is 0 Å². The number of carbonyl (C=O) groups is 3. The number of amides is 3. The predicted molar refractivity (Wildman–Crippen MR) is 160 cm³/mol. The average molecular weight is 554 g/mol. The van der Waals surface area contributed by atoms with E-state index in [4.69, 9.17) is 9.47 Å². The number of rotatable bonds is 12. The third-order valence-electron chi connectivity index (χ3n) is 7.05. The largest absolute Gasteiger partial charge is 0.497 e. The minimum Gasteiger partial charge on any atom is -0.497 e. The summed E-state index contributed by atoms with van der Waals surface area (Å²) in [6, 6.07) is 11.1. The molecular formula is C32H47N3O5. The lowest BCUT2D eigenvalue weighted by atomic mass is 9.92. The highest BCUT2D eigenvalue weighted by Crippen LogP contribution is 2.30. The molecule has 0 aliphatic heterocycles. The molecule has 0 aliphatic rings. The molecule has 3 amide bonds. The third-order valence-corrected chi connectivity index (χ3v) is 7.05. The van der Waals surface area contributed by atoms with E-state index in [0.29, 0.717) is 30.8 Å². The number of aryl methyl sites for hydroxylation is 1. The molecule has 0 saturated carbocycles. The van der Waals surface area contributed by atoms with Crippen molar-refractivity contribution in [2.75, 3.05) is 19.0 Å². The van der Waals surface area contributed by atoms with E-state index in [1.165, 1.54) is 0 Å². The number of carbonyl (C=O) groups excluding carboxylic acids is 3. The fourth-order valence-corrected chi connectivity index (χ4v) is 4.40. The maximum absolute atomic E-state index is 14.4. The number of alkyl carbamates (subject to hydrolysis) is 1. The van der Waals surface area contributed by atoms with Gasteiger partial charge in [0.1, 0.15) is 23.4 Å². The van der Waals surface area contributed by atoms with Gasteiger partial charge in [0, 0.05) is 12.2 Å². The Morgan fingerprint density at radius 2 is 1.65 bits per heavy atom. The summed E-state index contributed by atoms with van der Waals surface area (Å²) in [5.41, 5.74) is 2.58. The molecule has 2 aromatic rings. The van der Waals surface area contributed by atoms with Gasteiger partial charge in [-0.05, 0) is 87.9 Å². The van der Waals surface area contributed by atoms with Gasteiger partial charge in [0.25, 0.3) is 5.91 Å². The fraction of sp³-hybridized carbons (Fsp3) is 0.531. The SMILES string of the molecule is CCCCN(C(=O)C(NC(=O)OC(C)(C)C)C(C)CC)C(C(=O)Nc1ccc(OC)cc1)c1cccc(C)c1C. The highest BCUT2D eigenvalue weighted by molar-refractivity contribution is 5.99. The third kappa shape index (κ3) is 9.00. The first kappa shape index (κ1) is 32.7. The van der Waals surface area contributed by atoms with E-state index in [0.717, 1.165) is 23.1 Å². The van der Waals surface area contributed by atoms with Gasteiger partial charge in [-0.25, -0.2) is 4.79 Å². The molecule has 0 heterocycles. The molecule has 8 heteroatoms. The van der Waals surface area contributed by atoms with E-state index >= 15 is 0 Å². The summed E-state index contributed by atoms with van der Waals surface area (Å²) in [5.74, 6) is -0.158. The number of nitrogens with zero attached hydrogens (tertiary/aromatic N) is 1. The summed E-state index contributed by atoms with van der Waals surface area (Å²) in [4.78, 5) is 42.9. The lowest BCUT2D eigenvalue weighted by Crippen LogP contribution is -2.55. The van der Waals surface area contributed by atoms with E-state index in [1.54, 1.807) is 57.0 Å². The first-order valence-corrected chi connectivity index (χ1v) is 14.1. The molecular weight excluding hydrogens is 506 g/mol. The van der Waals surface area contributed by atoms with Crippen molar-refractivity contribution < 1.29 is 23.9 Å². The lowest BCUT2D eigenvalue weighted by molar-refractivity contribution is -0.142. The highest BCUT2D eigenvalue weighted by atomic mass is 16.6. The topological polar surface area (TPSA) is 97.0 Å². The standard InChI is InChI=1S/C32H47N3O5/c1-10-12-20-35(30(37)27(21(3)11-2)34-31(38)40-32(6,7)8)28(26-15-13-14-22(4)23(26)5)29(36)33-24-16-18-25(39-9)19-17-24/h13-19,21,27-28H,10-12,20H2,1-9H3,(H,33,36)(H,34,38). The van der Waals surface area contributed by atoms with Crippen LogP contribution in [0.5, 0.6) is 5.75 Å². The maximum atomic E-state index is 14.4. The molecule has 3 atom stereocenters. The summed E-state index contributed by atoms with van der Waals surface area (Å²) in [6.45, 7) is 15.6. The summed E-state index contributed by atoms with van der Waals surface area (Å²) in [7, 11) is 1.58. The minimum absolute atomic E-state index is 0.187. The lowest BCUT2D eigenvalue weighted by Gasteiger charge is -2.36. The van der Waals surface area contributed by atoms with Crippen LogP contribution in [0.3, 0.4) is 0 Å². The average Bonchev–Trinajstić information content (AvgIpc) is 2.90. The zero-order valence-corrected chi connectivity index (χ0v) is 25.6. The van der Waals surface area contributed by atoms with Crippen LogP contribution in [0.4, 0.5) is 10.5 Å². The number of methoxy groups -OCH3 is 1. The van der Waals surface area contributed by atoms with E-state index < -0.39 is 23.8 Å². The van der Waals surface area contributed by atoms with Crippen LogP contribution in [0.25, 0.3) is 0 Å². The molecule has 0 fully saturated rings. The van der Waals surface area contributed by atoms with Crippen molar-refractivity contribution in [1.82, 2.24) is 10.2 Å². The molecule has 220 valence electrons. The number of ether oxygens (including phenoxy) is 2. The number of nitrogens with one attached hydrogen (secondary N) is 2. The molecule has 0 saturated heterocycles. The van der Waals surface area contributed by atoms with Gasteiger partial charge in [-0.1, -0.05) is 51.8 Å². The molecule has 3 unspecified atom stereocenters. The van der Waals surface area contributed by atoms with E-state index in [-0.39, 0.29) is 17.7 Å². The van der Waals surface area contributed by atoms with Gasteiger partial charge in [0.05, 0.1) is 7.11 Å². The van der Waals surface area contributed by atoms with Gasteiger partial charge in [-0.3, -0.25) is 9.59 Å². The van der Waals surface area contributed by atoms with E-state index in [1.807, 2.05) is 52.8 Å². The Morgan fingerprint density at radius 3 is 2.20 bits per heavy atom. The predicted octanol–water partition coefficient (Wildman–Crippen LogP) is 6.56. The maximum Gasteiger partial charge on any atom is 0.408 e. The van der Waals surface area contributed by atoms with Crippen LogP contribution in [0.15, 0.2) is 42.5 Å². The zero-order valence-electron chi connectivity index (χ0n) is 25.6. The molecule has 2 rings (SSSR count). The second kappa shape index (κ2) is 14.7. The smallest absolute Gasteiger partial charge is 0.408 e. The zero-order chi connectivity index (χ0) is 30.0. The van der Waals surface area contributed by atoms with Crippen LogP contribution in [0, 0.1) is 19.8 Å². The molecule has 0 radical (unpaired) electrons. The molecule has 2 aromatic carbocycles. The molecule has 40 heavy (non-hydrogen) atoms. The van der Waals surface area contributed by atoms with Crippen molar-refractivity contribution in [3.63, 3.8) is 0 Å². The monoisotopic (exact) mass is 553 g/mol. The van der Waals surface area contributed by atoms with Crippen LogP contribution < -0.4 is 15.4 Å². The molecule has 8 nitrogen and oxygen atoms in total. The van der Waals surface area contributed by atoms with Gasteiger partial charge in [0.2, 0.25) is 5.91 Å². The molecule has 2 N–H and O–H groups in total. The van der Waals surface area contributed by atoms with Gasteiger partial charge in [0.15, 0.2) is 0 Å². The minimum atomic E-state index is -0.909. The number of hydrogen-bond acceptors (Lipinski definition) is 5. The van der Waals surface area contributed by atoms with Crippen molar-refractivity contribution in [1.29, 1.82) is 0 Å². The van der Waals surface area contributed by atoms with Crippen LogP contribution in [-0.2, 0) is 14.3 Å². The van der Waals surface area contributed by atoms with Crippen molar-refractivity contribution in [2.45, 2.75) is 92.3 Å². The Kier molecular flexibility index (Phi) is 12.0. The number of hydrogen-bond donors (Lipinski definition) is 2. The quantitative estimate of drug-likeness (QED) is 0.310. The summed E-state index contributed by atoms with van der Waals surface area (Å²) < 4.78 is 10.7. The second-order valence-electron chi connectivity index (χ2n) is 11.3. The molecule has 0 aromatic heterocycles. The normalized spacial score (nSPS) is 13.5. The molecule has 0 aliphatic carbocycles. The van der Waals surface area contributed by atoms with Crippen LogP contribution >= 0.6 is 0 Å².